The highest BCUT2D eigenvalue weighted by Crippen LogP contribution is 2.33. The van der Waals surface area contributed by atoms with Crippen LogP contribution in [0, 0.1) is 5.92 Å². The van der Waals surface area contributed by atoms with Gasteiger partial charge in [-0.15, -0.1) is 0 Å². The molecular weight excluding hydrogens is 416 g/mol. The second kappa shape index (κ2) is 8.38. The molecule has 0 bridgehead atoms. The Balaban J connectivity index is 1.41. The van der Waals surface area contributed by atoms with Gasteiger partial charge >= 0.3 is 0 Å². The molecule has 1 saturated carbocycles. The molecule has 9 heteroatoms. The minimum Gasteiger partial charge on any atom is -0.383 e. The van der Waals surface area contributed by atoms with Crippen molar-refractivity contribution in [3.8, 4) is 0 Å². The zero-order chi connectivity index (χ0) is 22.2. The lowest BCUT2D eigenvalue weighted by molar-refractivity contribution is 0.0732. The Hall–Kier alpha value is -3.20. The molecule has 0 radical (unpaired) electrons. The highest BCUT2D eigenvalue weighted by atomic mass is 19.3. The van der Waals surface area contributed by atoms with Gasteiger partial charge in [-0.05, 0) is 54.7 Å². The zero-order valence-electron chi connectivity index (χ0n) is 17.4. The SMILES string of the molecule is Nc1nc2ccc(C(=O)N(Cc3ccc(CC(F)F)nn3)CC3CC3)cc2c2c1COC2. The third-order valence-corrected chi connectivity index (χ3v) is 5.93. The van der Waals surface area contributed by atoms with Crippen molar-refractivity contribution < 1.29 is 18.3 Å². The number of rotatable bonds is 7. The molecule has 3 heterocycles. The van der Waals surface area contributed by atoms with Gasteiger partial charge in [-0.25, -0.2) is 13.8 Å². The van der Waals surface area contributed by atoms with Gasteiger partial charge in [0, 0.05) is 23.1 Å². The van der Waals surface area contributed by atoms with E-state index in [0.29, 0.717) is 42.8 Å². The summed E-state index contributed by atoms with van der Waals surface area (Å²) in [6.45, 7) is 1.77. The summed E-state index contributed by atoms with van der Waals surface area (Å²) in [7, 11) is 0. The zero-order valence-corrected chi connectivity index (χ0v) is 17.4. The van der Waals surface area contributed by atoms with E-state index in [-0.39, 0.29) is 18.1 Å². The molecule has 0 saturated heterocycles. The first kappa shape index (κ1) is 20.7. The monoisotopic (exact) mass is 439 g/mol. The van der Waals surface area contributed by atoms with Crippen LogP contribution in [0.3, 0.4) is 0 Å². The lowest BCUT2D eigenvalue weighted by Gasteiger charge is -2.22. The van der Waals surface area contributed by atoms with Crippen molar-refractivity contribution in [3.63, 3.8) is 0 Å². The Morgan fingerprint density at radius 1 is 1.12 bits per heavy atom. The maximum absolute atomic E-state index is 13.4. The van der Waals surface area contributed by atoms with Gasteiger partial charge < -0.3 is 15.4 Å². The Morgan fingerprint density at radius 2 is 1.88 bits per heavy atom. The summed E-state index contributed by atoms with van der Waals surface area (Å²) in [5, 5.41) is 8.82. The van der Waals surface area contributed by atoms with E-state index in [0.717, 1.165) is 34.9 Å². The quantitative estimate of drug-likeness (QED) is 0.606. The van der Waals surface area contributed by atoms with Crippen LogP contribution in [-0.2, 0) is 30.9 Å². The summed E-state index contributed by atoms with van der Waals surface area (Å²) in [5.74, 6) is 0.833. The molecule has 32 heavy (non-hydrogen) atoms. The first-order valence-electron chi connectivity index (χ1n) is 10.7. The van der Waals surface area contributed by atoms with Gasteiger partial charge in [0.1, 0.15) is 5.82 Å². The summed E-state index contributed by atoms with van der Waals surface area (Å²) < 4.78 is 30.7. The largest absolute Gasteiger partial charge is 0.383 e. The van der Waals surface area contributed by atoms with E-state index < -0.39 is 12.8 Å². The van der Waals surface area contributed by atoms with Crippen LogP contribution in [0.1, 0.15) is 45.7 Å². The van der Waals surface area contributed by atoms with E-state index in [9.17, 15) is 13.6 Å². The average molecular weight is 439 g/mol. The van der Waals surface area contributed by atoms with E-state index in [4.69, 9.17) is 10.5 Å². The van der Waals surface area contributed by atoms with Crippen molar-refractivity contribution in [2.45, 2.75) is 45.4 Å². The van der Waals surface area contributed by atoms with Crippen LogP contribution in [0.25, 0.3) is 10.9 Å². The molecule has 0 spiro atoms. The van der Waals surface area contributed by atoms with Crippen molar-refractivity contribution in [2.24, 2.45) is 5.92 Å². The van der Waals surface area contributed by atoms with Gasteiger partial charge in [0.25, 0.3) is 5.91 Å². The molecule has 3 aromatic rings. The summed E-state index contributed by atoms with van der Waals surface area (Å²) >= 11 is 0. The van der Waals surface area contributed by atoms with Crippen LogP contribution in [0.2, 0.25) is 0 Å². The van der Waals surface area contributed by atoms with Gasteiger partial charge in [0.2, 0.25) is 6.43 Å². The number of nitrogens with two attached hydrogens (primary N) is 1. The standard InChI is InChI=1S/C23H23F2N5O2/c24-21(25)8-15-4-5-16(29-28-15)10-30(9-13-1-2-13)23(31)14-3-6-20-17(7-14)18-11-32-12-19(18)22(26)27-20/h3-7,13,21H,1-2,8-12H2,(H2,26,27). The lowest BCUT2D eigenvalue weighted by Crippen LogP contribution is -2.33. The van der Waals surface area contributed by atoms with Crippen LogP contribution < -0.4 is 5.73 Å². The predicted molar refractivity (Wildman–Crippen MR) is 114 cm³/mol. The molecule has 1 amide bonds. The van der Waals surface area contributed by atoms with E-state index >= 15 is 0 Å². The predicted octanol–water partition coefficient (Wildman–Crippen LogP) is 3.50. The highest BCUT2D eigenvalue weighted by Gasteiger charge is 2.28. The number of pyridine rings is 1. The molecule has 1 aliphatic carbocycles. The fraction of sp³-hybridized carbons (Fsp3) is 0.391. The number of amides is 1. The maximum atomic E-state index is 13.4. The molecule has 1 aromatic carbocycles. The number of ether oxygens (including phenoxy) is 1. The fourth-order valence-corrected chi connectivity index (χ4v) is 4.05. The van der Waals surface area contributed by atoms with Crippen LogP contribution in [0.15, 0.2) is 30.3 Å². The van der Waals surface area contributed by atoms with Crippen LogP contribution in [0.4, 0.5) is 14.6 Å². The third kappa shape index (κ3) is 4.25. The van der Waals surface area contributed by atoms with Crippen molar-refractivity contribution >= 4 is 22.6 Å². The van der Waals surface area contributed by atoms with E-state index in [2.05, 4.69) is 15.2 Å². The number of halogens is 2. The van der Waals surface area contributed by atoms with E-state index in [1.165, 1.54) is 0 Å². The lowest BCUT2D eigenvalue weighted by atomic mass is 10.0. The molecule has 2 aromatic heterocycles. The number of carbonyl (C=O) groups excluding carboxylic acids is 1. The molecule has 5 rings (SSSR count). The van der Waals surface area contributed by atoms with Crippen molar-refractivity contribution in [1.82, 2.24) is 20.1 Å². The Morgan fingerprint density at radius 3 is 2.59 bits per heavy atom. The fourth-order valence-electron chi connectivity index (χ4n) is 4.05. The van der Waals surface area contributed by atoms with Crippen molar-refractivity contribution in [3.05, 3.63) is 58.4 Å². The molecule has 0 unspecified atom stereocenters. The van der Waals surface area contributed by atoms with Crippen molar-refractivity contribution in [1.29, 1.82) is 0 Å². The van der Waals surface area contributed by atoms with Gasteiger partial charge in [0.15, 0.2) is 0 Å². The van der Waals surface area contributed by atoms with Crippen LogP contribution in [0.5, 0.6) is 0 Å². The van der Waals surface area contributed by atoms with Gasteiger partial charge in [-0.1, -0.05) is 0 Å². The number of hydrogen-bond donors (Lipinski definition) is 1. The molecule has 1 aliphatic heterocycles. The van der Waals surface area contributed by atoms with Gasteiger partial charge in [-0.2, -0.15) is 10.2 Å². The summed E-state index contributed by atoms with van der Waals surface area (Å²) in [6, 6.07) is 8.64. The first-order valence-corrected chi connectivity index (χ1v) is 10.7. The molecule has 2 N–H and O–H groups in total. The summed E-state index contributed by atoms with van der Waals surface area (Å²) in [4.78, 5) is 19.6. The van der Waals surface area contributed by atoms with Gasteiger partial charge in [-0.3, -0.25) is 4.79 Å². The smallest absolute Gasteiger partial charge is 0.254 e. The normalized spacial score (nSPS) is 15.3. The highest BCUT2D eigenvalue weighted by molar-refractivity contribution is 5.99. The maximum Gasteiger partial charge on any atom is 0.254 e. The second-order valence-corrected chi connectivity index (χ2v) is 8.42. The molecule has 0 atom stereocenters. The number of fused-ring (bicyclic) bond motifs is 3. The van der Waals surface area contributed by atoms with Gasteiger partial charge in [0.05, 0.1) is 43.1 Å². The summed E-state index contributed by atoms with van der Waals surface area (Å²) in [5.41, 5.74) is 10.0. The Kier molecular flexibility index (Phi) is 5.42. The number of nitrogens with zero attached hydrogens (tertiary/aromatic N) is 4. The van der Waals surface area contributed by atoms with Crippen molar-refractivity contribution in [2.75, 3.05) is 12.3 Å². The number of hydrogen-bond acceptors (Lipinski definition) is 6. The summed E-state index contributed by atoms with van der Waals surface area (Å²) in [6.07, 6.45) is -0.710. The number of anilines is 1. The molecule has 166 valence electrons. The van der Waals surface area contributed by atoms with Crippen LogP contribution in [-0.4, -0.2) is 39.0 Å². The topological polar surface area (TPSA) is 94.2 Å². The average Bonchev–Trinajstić information content (AvgIpc) is 3.44. The van der Waals surface area contributed by atoms with E-state index in [1.54, 1.807) is 23.1 Å². The Bertz CT molecular complexity index is 1170. The molecule has 7 nitrogen and oxygen atoms in total. The van der Waals surface area contributed by atoms with Crippen LogP contribution >= 0.6 is 0 Å². The molecule has 1 fully saturated rings. The third-order valence-electron chi connectivity index (χ3n) is 5.93. The minimum absolute atomic E-state index is 0.109. The van der Waals surface area contributed by atoms with E-state index in [1.807, 2.05) is 12.1 Å². The number of alkyl halides is 2. The number of nitrogen functional groups attached to an aromatic ring is 1. The second-order valence-electron chi connectivity index (χ2n) is 8.42. The minimum atomic E-state index is -2.47. The Labute approximate surface area is 183 Å². The molecule has 2 aliphatic rings. The number of carbonyl (C=O) groups is 1. The number of aromatic nitrogens is 3. The number of benzene rings is 1. The molecular formula is C23H23F2N5O2. The first-order chi connectivity index (χ1) is 15.5.